The molecule has 1 aliphatic rings. The second-order valence-corrected chi connectivity index (χ2v) is 5.03. The summed E-state index contributed by atoms with van der Waals surface area (Å²) in [6, 6.07) is 0. The predicted molar refractivity (Wildman–Crippen MR) is 77.6 cm³/mol. The number of carbonyl (C=O) groups excluding carboxylic acids is 2. The molecule has 0 saturated carbocycles. The molecule has 0 saturated heterocycles. The van der Waals surface area contributed by atoms with Crippen LogP contribution in [0.1, 0.15) is 59.3 Å². The third kappa shape index (κ3) is 4.05. The third-order valence-corrected chi connectivity index (χ3v) is 3.45. The van der Waals surface area contributed by atoms with E-state index in [0.717, 1.165) is 19.3 Å². The molecule has 2 amide bonds. The summed E-state index contributed by atoms with van der Waals surface area (Å²) in [6.45, 7) is 6.49. The number of nitrogens with zero attached hydrogens (tertiary/aromatic N) is 1. The maximum Gasteiger partial charge on any atom is 0.261 e. The van der Waals surface area contributed by atoms with E-state index in [1.165, 1.54) is 24.2 Å². The van der Waals surface area contributed by atoms with Crippen molar-refractivity contribution in [1.82, 2.24) is 4.90 Å². The fourth-order valence-corrected chi connectivity index (χ4v) is 2.22. The molecule has 1 rings (SSSR count). The molecule has 0 unspecified atom stereocenters. The van der Waals surface area contributed by atoms with Gasteiger partial charge in [0.2, 0.25) is 0 Å². The van der Waals surface area contributed by atoms with E-state index in [1.807, 2.05) is 13.0 Å². The number of rotatable bonds is 8. The van der Waals surface area contributed by atoms with Crippen molar-refractivity contribution in [3.63, 3.8) is 0 Å². The molecule has 1 heterocycles. The second kappa shape index (κ2) is 7.93. The molecule has 0 radical (unpaired) electrons. The third-order valence-electron chi connectivity index (χ3n) is 3.45. The number of hydrogen-bond acceptors (Lipinski definition) is 2. The molecule has 0 atom stereocenters. The lowest BCUT2D eigenvalue weighted by Gasteiger charge is -2.14. The Morgan fingerprint density at radius 3 is 2.32 bits per heavy atom. The van der Waals surface area contributed by atoms with E-state index in [1.54, 1.807) is 13.0 Å². The monoisotopic (exact) mass is 263 g/mol. The lowest BCUT2D eigenvalue weighted by Crippen LogP contribution is -2.32. The van der Waals surface area contributed by atoms with Crippen LogP contribution in [-0.2, 0) is 9.59 Å². The Labute approximate surface area is 116 Å². The molecule has 0 N–H and O–H groups in total. The lowest BCUT2D eigenvalue weighted by molar-refractivity contribution is -0.137. The van der Waals surface area contributed by atoms with Crippen molar-refractivity contribution in [3.8, 4) is 0 Å². The molecule has 3 heteroatoms. The molecular formula is C16H25NO2. The standard InChI is InChI=1S/C16H25NO2/c1-4-6-8-9-10-12-17-15(18)13(3)14(16(17)19)11-7-5-2/h7,11H,4-6,8-10,12H2,1-3H3/b11-7-. The topological polar surface area (TPSA) is 37.4 Å². The molecule has 0 fully saturated rings. The number of allylic oxidation sites excluding steroid dienone is 1. The molecule has 19 heavy (non-hydrogen) atoms. The Morgan fingerprint density at radius 1 is 1.00 bits per heavy atom. The number of imide groups is 1. The van der Waals surface area contributed by atoms with Crippen LogP contribution >= 0.6 is 0 Å². The highest BCUT2D eigenvalue weighted by molar-refractivity contribution is 6.20. The van der Waals surface area contributed by atoms with Crippen molar-refractivity contribution in [3.05, 3.63) is 23.3 Å². The van der Waals surface area contributed by atoms with Crippen molar-refractivity contribution in [1.29, 1.82) is 0 Å². The van der Waals surface area contributed by atoms with Crippen molar-refractivity contribution < 1.29 is 9.59 Å². The number of carbonyl (C=O) groups is 2. The first-order valence-electron chi connectivity index (χ1n) is 7.37. The van der Waals surface area contributed by atoms with Crippen molar-refractivity contribution in [2.24, 2.45) is 0 Å². The van der Waals surface area contributed by atoms with E-state index in [0.29, 0.717) is 17.7 Å². The van der Waals surface area contributed by atoms with Gasteiger partial charge in [-0.1, -0.05) is 51.7 Å². The van der Waals surface area contributed by atoms with E-state index in [2.05, 4.69) is 6.92 Å². The largest absolute Gasteiger partial charge is 0.275 e. The Morgan fingerprint density at radius 2 is 1.68 bits per heavy atom. The van der Waals surface area contributed by atoms with Crippen molar-refractivity contribution in [2.45, 2.75) is 59.3 Å². The van der Waals surface area contributed by atoms with Gasteiger partial charge < -0.3 is 0 Å². The van der Waals surface area contributed by atoms with Crippen LogP contribution in [0.4, 0.5) is 0 Å². The van der Waals surface area contributed by atoms with E-state index in [4.69, 9.17) is 0 Å². The summed E-state index contributed by atoms with van der Waals surface area (Å²) < 4.78 is 0. The van der Waals surface area contributed by atoms with E-state index in [9.17, 15) is 9.59 Å². The number of unbranched alkanes of at least 4 members (excludes halogenated alkanes) is 4. The van der Waals surface area contributed by atoms with Gasteiger partial charge in [-0.15, -0.1) is 0 Å². The SMILES string of the molecule is CC/C=C\C1=C(C)C(=O)N(CCCCCCC)C1=O. The van der Waals surface area contributed by atoms with E-state index < -0.39 is 0 Å². The highest BCUT2D eigenvalue weighted by Gasteiger charge is 2.33. The van der Waals surface area contributed by atoms with Crippen LogP contribution in [0.2, 0.25) is 0 Å². The van der Waals surface area contributed by atoms with Gasteiger partial charge in [0.25, 0.3) is 11.8 Å². The first-order valence-corrected chi connectivity index (χ1v) is 7.37. The number of amides is 2. The zero-order chi connectivity index (χ0) is 14.3. The van der Waals surface area contributed by atoms with Gasteiger partial charge in [0, 0.05) is 17.7 Å². The minimum Gasteiger partial charge on any atom is -0.275 e. The van der Waals surface area contributed by atoms with Gasteiger partial charge in [-0.3, -0.25) is 14.5 Å². The van der Waals surface area contributed by atoms with Gasteiger partial charge in [-0.25, -0.2) is 0 Å². The van der Waals surface area contributed by atoms with Gasteiger partial charge in [0.1, 0.15) is 0 Å². The summed E-state index contributed by atoms with van der Waals surface area (Å²) in [6.07, 6.45) is 10.2. The maximum absolute atomic E-state index is 12.1. The molecule has 0 spiro atoms. The van der Waals surface area contributed by atoms with Crippen LogP contribution in [0.5, 0.6) is 0 Å². The second-order valence-electron chi connectivity index (χ2n) is 5.03. The van der Waals surface area contributed by atoms with E-state index in [-0.39, 0.29) is 11.8 Å². The summed E-state index contributed by atoms with van der Waals surface area (Å²) >= 11 is 0. The molecule has 0 aromatic rings. The first-order chi connectivity index (χ1) is 9.13. The molecule has 0 aliphatic carbocycles. The Bertz CT molecular complexity index is 394. The Hall–Kier alpha value is -1.38. The molecule has 0 aromatic heterocycles. The average Bonchev–Trinajstić information content (AvgIpc) is 2.60. The van der Waals surface area contributed by atoms with Gasteiger partial charge in [0.15, 0.2) is 0 Å². The van der Waals surface area contributed by atoms with Crippen LogP contribution in [0.15, 0.2) is 23.3 Å². The lowest BCUT2D eigenvalue weighted by atomic mass is 10.1. The minimum absolute atomic E-state index is 0.115. The summed E-state index contributed by atoms with van der Waals surface area (Å²) in [5, 5.41) is 0. The fraction of sp³-hybridized carbons (Fsp3) is 0.625. The van der Waals surface area contributed by atoms with Crippen LogP contribution in [-0.4, -0.2) is 23.3 Å². The summed E-state index contributed by atoms with van der Waals surface area (Å²) in [7, 11) is 0. The first kappa shape index (κ1) is 15.7. The molecular weight excluding hydrogens is 238 g/mol. The quantitative estimate of drug-likeness (QED) is 0.495. The summed E-state index contributed by atoms with van der Waals surface area (Å²) in [5.41, 5.74) is 1.16. The van der Waals surface area contributed by atoms with Crippen LogP contribution < -0.4 is 0 Å². The smallest absolute Gasteiger partial charge is 0.261 e. The molecule has 3 nitrogen and oxygen atoms in total. The minimum atomic E-state index is -0.123. The fourth-order valence-electron chi connectivity index (χ4n) is 2.22. The zero-order valence-electron chi connectivity index (χ0n) is 12.4. The highest BCUT2D eigenvalue weighted by atomic mass is 16.2. The van der Waals surface area contributed by atoms with Crippen LogP contribution in [0.25, 0.3) is 0 Å². The Balaban J connectivity index is 2.53. The van der Waals surface area contributed by atoms with Crippen molar-refractivity contribution in [2.75, 3.05) is 6.54 Å². The maximum atomic E-state index is 12.1. The van der Waals surface area contributed by atoms with E-state index >= 15 is 0 Å². The molecule has 0 aromatic carbocycles. The van der Waals surface area contributed by atoms with Crippen LogP contribution in [0, 0.1) is 0 Å². The molecule has 0 bridgehead atoms. The normalized spacial score (nSPS) is 16.3. The Kier molecular flexibility index (Phi) is 6.54. The predicted octanol–water partition coefficient (Wildman–Crippen LogP) is 3.61. The molecule has 1 aliphatic heterocycles. The van der Waals surface area contributed by atoms with Crippen LogP contribution in [0.3, 0.4) is 0 Å². The summed E-state index contributed by atoms with van der Waals surface area (Å²) in [4.78, 5) is 25.6. The van der Waals surface area contributed by atoms with Gasteiger partial charge >= 0.3 is 0 Å². The zero-order valence-corrected chi connectivity index (χ0v) is 12.4. The number of hydrogen-bond donors (Lipinski definition) is 0. The van der Waals surface area contributed by atoms with Gasteiger partial charge in [-0.2, -0.15) is 0 Å². The van der Waals surface area contributed by atoms with Gasteiger partial charge in [0.05, 0.1) is 0 Å². The average molecular weight is 263 g/mol. The summed E-state index contributed by atoms with van der Waals surface area (Å²) in [5.74, 6) is -0.237. The molecule has 106 valence electrons. The van der Waals surface area contributed by atoms with Gasteiger partial charge in [-0.05, 0) is 19.8 Å². The van der Waals surface area contributed by atoms with Crippen molar-refractivity contribution >= 4 is 11.8 Å². The highest BCUT2D eigenvalue weighted by Crippen LogP contribution is 2.22.